The fourth-order valence-corrected chi connectivity index (χ4v) is 4.47. The molecular weight excluding hydrogens is 403 g/mol. The average molecular weight is 421 g/mol. The zero-order chi connectivity index (χ0) is 19.8. The molecule has 0 aromatic carbocycles. The lowest BCUT2D eigenvalue weighted by Gasteiger charge is -2.30. The summed E-state index contributed by atoms with van der Waals surface area (Å²) < 4.78 is 68.4. The van der Waals surface area contributed by atoms with Gasteiger partial charge in [-0.3, -0.25) is 0 Å². The summed E-state index contributed by atoms with van der Waals surface area (Å²) in [7, 11) is -3.24. The fraction of sp³-hybridized carbons (Fsp3) is 0.533. The third kappa shape index (κ3) is 4.74. The first-order chi connectivity index (χ1) is 12.5. The summed E-state index contributed by atoms with van der Waals surface area (Å²) in [6.07, 6.45) is -1.61. The number of nitrogens with one attached hydrogen (secondary N) is 1. The molecule has 1 fully saturated rings. The van der Waals surface area contributed by atoms with Crippen LogP contribution in [-0.4, -0.2) is 52.5 Å². The molecule has 148 valence electrons. The van der Waals surface area contributed by atoms with Crippen molar-refractivity contribution in [3.8, 4) is 10.6 Å². The van der Waals surface area contributed by atoms with Crippen LogP contribution in [0.5, 0.6) is 0 Å². The number of aromatic nitrogens is 3. The number of hydrogen-bond acceptors (Lipinski definition) is 7. The van der Waals surface area contributed by atoms with Crippen molar-refractivity contribution >= 4 is 27.5 Å². The molecule has 12 heteroatoms. The van der Waals surface area contributed by atoms with E-state index in [1.54, 1.807) is 13.0 Å². The largest absolute Gasteiger partial charge is 0.420 e. The summed E-state index contributed by atoms with van der Waals surface area (Å²) in [6.45, 7) is 2.39. The van der Waals surface area contributed by atoms with Crippen LogP contribution in [0.3, 0.4) is 0 Å². The smallest absolute Gasteiger partial charge is 0.351 e. The quantitative estimate of drug-likeness (QED) is 0.817. The molecule has 0 unspecified atom stereocenters. The maximum atomic E-state index is 13.3. The third-order valence-corrected chi connectivity index (χ3v) is 6.40. The lowest BCUT2D eigenvalue weighted by atomic mass is 10.1. The monoisotopic (exact) mass is 421 g/mol. The van der Waals surface area contributed by atoms with Crippen molar-refractivity contribution in [2.75, 3.05) is 24.7 Å². The Morgan fingerprint density at radius 3 is 2.48 bits per heavy atom. The van der Waals surface area contributed by atoms with Gasteiger partial charge in [0.2, 0.25) is 16.0 Å². The molecule has 0 aliphatic carbocycles. The van der Waals surface area contributed by atoms with Gasteiger partial charge < -0.3 is 5.32 Å². The summed E-state index contributed by atoms with van der Waals surface area (Å²) in [5, 5.41) is 3.02. The first kappa shape index (κ1) is 20.0. The second-order valence-corrected chi connectivity index (χ2v) is 9.15. The van der Waals surface area contributed by atoms with E-state index >= 15 is 0 Å². The molecule has 1 saturated heterocycles. The van der Waals surface area contributed by atoms with E-state index in [4.69, 9.17) is 0 Å². The van der Waals surface area contributed by atoms with Gasteiger partial charge in [-0.15, -0.1) is 0 Å². The average Bonchev–Trinajstić information content (AvgIpc) is 3.00. The molecule has 1 aliphatic heterocycles. The van der Waals surface area contributed by atoms with Crippen molar-refractivity contribution in [3.63, 3.8) is 0 Å². The Hall–Kier alpha value is -1.79. The van der Waals surface area contributed by atoms with Crippen LogP contribution >= 0.6 is 11.5 Å². The number of aryl methyl sites for hydroxylation is 1. The normalized spacial score (nSPS) is 17.2. The van der Waals surface area contributed by atoms with Crippen molar-refractivity contribution < 1.29 is 21.6 Å². The lowest BCUT2D eigenvalue weighted by molar-refractivity contribution is -0.137. The van der Waals surface area contributed by atoms with Crippen molar-refractivity contribution in [3.05, 3.63) is 23.5 Å². The highest BCUT2D eigenvalue weighted by molar-refractivity contribution is 7.88. The van der Waals surface area contributed by atoms with Gasteiger partial charge >= 0.3 is 6.18 Å². The van der Waals surface area contributed by atoms with Crippen LogP contribution in [0.2, 0.25) is 0 Å². The van der Waals surface area contributed by atoms with Gasteiger partial charge in [0.1, 0.15) is 5.56 Å². The molecule has 7 nitrogen and oxygen atoms in total. The van der Waals surface area contributed by atoms with Gasteiger partial charge in [-0.1, -0.05) is 0 Å². The summed E-state index contributed by atoms with van der Waals surface area (Å²) in [5.41, 5.74) is -0.507. The summed E-state index contributed by atoms with van der Waals surface area (Å²) in [6, 6.07) is 1.44. The van der Waals surface area contributed by atoms with Gasteiger partial charge in [0, 0.05) is 25.3 Å². The van der Waals surface area contributed by atoms with Gasteiger partial charge in [-0.25, -0.2) is 22.7 Å². The maximum absolute atomic E-state index is 13.3. The third-order valence-electron chi connectivity index (χ3n) is 4.21. The Morgan fingerprint density at radius 2 is 1.96 bits per heavy atom. The second kappa shape index (κ2) is 7.32. The topological polar surface area (TPSA) is 88.1 Å². The molecule has 0 spiro atoms. The van der Waals surface area contributed by atoms with E-state index in [0.29, 0.717) is 36.5 Å². The minimum absolute atomic E-state index is 0.0851. The summed E-state index contributed by atoms with van der Waals surface area (Å²) in [4.78, 5) is 8.21. The zero-order valence-corrected chi connectivity index (χ0v) is 16.2. The minimum atomic E-state index is -4.58. The summed E-state index contributed by atoms with van der Waals surface area (Å²) in [5.74, 6) is 0.0851. The van der Waals surface area contributed by atoms with Crippen LogP contribution < -0.4 is 5.32 Å². The van der Waals surface area contributed by atoms with Gasteiger partial charge in [-0.2, -0.15) is 17.5 Å². The van der Waals surface area contributed by atoms with Gasteiger partial charge in [-0.05, 0) is 37.4 Å². The Labute approximate surface area is 158 Å². The van der Waals surface area contributed by atoms with Crippen LogP contribution in [0.15, 0.2) is 12.3 Å². The molecule has 0 saturated carbocycles. The van der Waals surface area contributed by atoms with Crippen molar-refractivity contribution in [2.45, 2.75) is 32.0 Å². The number of rotatable bonds is 4. The van der Waals surface area contributed by atoms with Crippen LogP contribution in [0.1, 0.15) is 24.1 Å². The Morgan fingerprint density at radius 1 is 1.30 bits per heavy atom. The number of halogens is 3. The SMILES string of the molecule is Cc1cc(-c2nc(NC3CCN(S(C)(=O)=O)CC3)ncc2C(F)(F)F)sn1. The molecule has 0 radical (unpaired) electrons. The zero-order valence-electron chi connectivity index (χ0n) is 14.6. The molecule has 1 aliphatic rings. The molecule has 0 atom stereocenters. The van der Waals surface area contributed by atoms with E-state index in [1.165, 1.54) is 4.31 Å². The molecule has 0 bridgehead atoms. The van der Waals surface area contributed by atoms with E-state index in [0.717, 1.165) is 24.0 Å². The van der Waals surface area contributed by atoms with Gasteiger partial charge in [0.05, 0.1) is 22.5 Å². The Bertz CT molecular complexity index is 922. The Kier molecular flexibility index (Phi) is 5.41. The number of hydrogen-bond donors (Lipinski definition) is 1. The molecule has 3 rings (SSSR count). The molecule has 1 N–H and O–H groups in total. The summed E-state index contributed by atoms with van der Waals surface area (Å²) >= 11 is 0.949. The molecule has 3 heterocycles. The fourth-order valence-electron chi connectivity index (χ4n) is 2.84. The first-order valence-electron chi connectivity index (χ1n) is 8.13. The lowest BCUT2D eigenvalue weighted by Crippen LogP contribution is -2.42. The number of alkyl halides is 3. The molecule has 0 amide bonds. The molecule has 2 aromatic rings. The highest BCUT2D eigenvalue weighted by Crippen LogP contribution is 2.37. The maximum Gasteiger partial charge on any atom is 0.420 e. The predicted octanol–water partition coefficient (Wildman–Crippen LogP) is 2.76. The first-order valence-corrected chi connectivity index (χ1v) is 10.8. The van der Waals surface area contributed by atoms with Crippen molar-refractivity contribution in [1.82, 2.24) is 18.6 Å². The minimum Gasteiger partial charge on any atom is -0.351 e. The number of nitrogens with zero attached hydrogens (tertiary/aromatic N) is 4. The van der Waals surface area contributed by atoms with E-state index < -0.39 is 21.8 Å². The highest BCUT2D eigenvalue weighted by Gasteiger charge is 2.36. The molecular formula is C15H18F3N5O2S2. The van der Waals surface area contributed by atoms with Crippen molar-refractivity contribution in [2.24, 2.45) is 0 Å². The molecule has 2 aromatic heterocycles. The van der Waals surface area contributed by atoms with Gasteiger partial charge in [0.25, 0.3) is 0 Å². The van der Waals surface area contributed by atoms with Crippen LogP contribution in [0.4, 0.5) is 19.1 Å². The van der Waals surface area contributed by atoms with E-state index in [2.05, 4.69) is 19.7 Å². The number of piperidine rings is 1. The Balaban J connectivity index is 1.81. The highest BCUT2D eigenvalue weighted by atomic mass is 32.2. The number of anilines is 1. The van der Waals surface area contributed by atoms with Crippen LogP contribution in [0, 0.1) is 6.92 Å². The predicted molar refractivity (Wildman–Crippen MR) is 95.9 cm³/mol. The molecule has 27 heavy (non-hydrogen) atoms. The van der Waals surface area contributed by atoms with E-state index in [-0.39, 0.29) is 17.7 Å². The standard InChI is InChI=1S/C15H18F3N5O2S2/c1-9-7-12(26-22-9)13-11(15(16,17)18)8-19-14(21-13)20-10-3-5-23(6-4-10)27(2,24)25/h7-8,10H,3-6H2,1-2H3,(H,19,20,21). The number of sulfonamides is 1. The van der Waals surface area contributed by atoms with Crippen LogP contribution in [-0.2, 0) is 16.2 Å². The second-order valence-electron chi connectivity index (χ2n) is 6.37. The van der Waals surface area contributed by atoms with Crippen LogP contribution in [0.25, 0.3) is 10.6 Å². The van der Waals surface area contributed by atoms with E-state index in [1.807, 2.05) is 0 Å². The van der Waals surface area contributed by atoms with E-state index in [9.17, 15) is 21.6 Å². The van der Waals surface area contributed by atoms with Crippen molar-refractivity contribution in [1.29, 1.82) is 0 Å². The van der Waals surface area contributed by atoms with Gasteiger partial charge in [0.15, 0.2) is 0 Å².